The fourth-order valence-electron chi connectivity index (χ4n) is 2.87. The van der Waals surface area contributed by atoms with E-state index in [4.69, 9.17) is 4.74 Å². The van der Waals surface area contributed by atoms with Crippen LogP contribution in [0.3, 0.4) is 0 Å². The van der Waals surface area contributed by atoms with Gasteiger partial charge in [-0.2, -0.15) is 5.10 Å². The van der Waals surface area contributed by atoms with Crippen molar-refractivity contribution in [2.75, 3.05) is 12.4 Å². The Bertz CT molecular complexity index is 587. The third-order valence-electron chi connectivity index (χ3n) is 3.97. The Balaban J connectivity index is 1.76. The van der Waals surface area contributed by atoms with Crippen LogP contribution >= 0.6 is 0 Å². The number of anilines is 1. The molecule has 1 N–H and O–H groups in total. The smallest absolute Gasteiger partial charge is 0.150 e. The SMILES string of the molecule is COC1CCCCC1Nc1ccc(-n2cncn2)c(F)c1. The molecule has 5 nitrogen and oxygen atoms in total. The molecule has 21 heavy (non-hydrogen) atoms. The lowest BCUT2D eigenvalue weighted by Crippen LogP contribution is -2.37. The van der Waals surface area contributed by atoms with Crippen molar-refractivity contribution in [2.24, 2.45) is 0 Å². The second-order valence-corrected chi connectivity index (χ2v) is 5.32. The predicted octanol–water partition coefficient (Wildman–Crippen LogP) is 2.78. The molecule has 1 aliphatic carbocycles. The average molecular weight is 290 g/mol. The first-order valence-corrected chi connectivity index (χ1v) is 7.22. The number of nitrogens with one attached hydrogen (secondary N) is 1. The first kappa shape index (κ1) is 14.0. The molecule has 3 rings (SSSR count). The number of benzene rings is 1. The van der Waals surface area contributed by atoms with Gasteiger partial charge < -0.3 is 10.1 Å². The summed E-state index contributed by atoms with van der Waals surface area (Å²) in [6.45, 7) is 0. The minimum atomic E-state index is -0.324. The summed E-state index contributed by atoms with van der Waals surface area (Å²) in [5.74, 6) is -0.324. The molecule has 1 heterocycles. The van der Waals surface area contributed by atoms with Gasteiger partial charge in [0, 0.05) is 12.8 Å². The van der Waals surface area contributed by atoms with Crippen LogP contribution in [0.25, 0.3) is 5.69 Å². The first-order valence-electron chi connectivity index (χ1n) is 7.22. The molecule has 0 radical (unpaired) electrons. The van der Waals surface area contributed by atoms with Crippen molar-refractivity contribution in [3.63, 3.8) is 0 Å². The number of hydrogen-bond acceptors (Lipinski definition) is 4. The minimum absolute atomic E-state index is 0.191. The van der Waals surface area contributed by atoms with E-state index in [2.05, 4.69) is 15.4 Å². The van der Waals surface area contributed by atoms with Gasteiger partial charge in [-0.1, -0.05) is 12.8 Å². The molecule has 1 aromatic carbocycles. The Hall–Kier alpha value is -1.95. The summed E-state index contributed by atoms with van der Waals surface area (Å²) in [5.41, 5.74) is 1.16. The van der Waals surface area contributed by atoms with Crippen molar-refractivity contribution >= 4 is 5.69 Å². The topological polar surface area (TPSA) is 52.0 Å². The molecule has 0 amide bonds. The van der Waals surface area contributed by atoms with E-state index >= 15 is 0 Å². The van der Waals surface area contributed by atoms with Crippen LogP contribution in [0, 0.1) is 5.82 Å². The summed E-state index contributed by atoms with van der Waals surface area (Å²) >= 11 is 0. The van der Waals surface area contributed by atoms with Crippen LogP contribution in [-0.4, -0.2) is 34.0 Å². The van der Waals surface area contributed by atoms with E-state index in [9.17, 15) is 4.39 Å². The molecule has 1 aliphatic rings. The van der Waals surface area contributed by atoms with Crippen molar-refractivity contribution < 1.29 is 9.13 Å². The predicted molar refractivity (Wildman–Crippen MR) is 78.0 cm³/mol. The van der Waals surface area contributed by atoms with Gasteiger partial charge in [0.2, 0.25) is 0 Å². The lowest BCUT2D eigenvalue weighted by Gasteiger charge is -2.31. The summed E-state index contributed by atoms with van der Waals surface area (Å²) < 4.78 is 21.1. The van der Waals surface area contributed by atoms with Crippen LogP contribution in [0.2, 0.25) is 0 Å². The van der Waals surface area contributed by atoms with Gasteiger partial charge in [0.15, 0.2) is 5.82 Å². The molecular weight excluding hydrogens is 271 g/mol. The summed E-state index contributed by atoms with van der Waals surface area (Å²) in [6, 6.07) is 5.30. The van der Waals surface area contributed by atoms with E-state index in [-0.39, 0.29) is 18.0 Å². The maximum absolute atomic E-state index is 14.2. The van der Waals surface area contributed by atoms with Gasteiger partial charge >= 0.3 is 0 Å². The van der Waals surface area contributed by atoms with Crippen LogP contribution in [0.1, 0.15) is 25.7 Å². The molecule has 6 heteroatoms. The molecule has 2 aromatic rings. The fourth-order valence-corrected chi connectivity index (χ4v) is 2.87. The quantitative estimate of drug-likeness (QED) is 0.940. The molecular formula is C15H19FN4O. The Morgan fingerprint density at radius 2 is 2.19 bits per heavy atom. The van der Waals surface area contributed by atoms with E-state index in [0.717, 1.165) is 18.5 Å². The normalized spacial score (nSPS) is 22.2. The Morgan fingerprint density at radius 3 is 2.90 bits per heavy atom. The van der Waals surface area contributed by atoms with Gasteiger partial charge in [-0.25, -0.2) is 14.1 Å². The van der Waals surface area contributed by atoms with Crippen molar-refractivity contribution in [3.05, 3.63) is 36.7 Å². The second kappa shape index (κ2) is 6.22. The second-order valence-electron chi connectivity index (χ2n) is 5.32. The number of ether oxygens (including phenoxy) is 1. The zero-order valence-corrected chi connectivity index (χ0v) is 12.0. The highest BCUT2D eigenvalue weighted by Crippen LogP contribution is 2.25. The molecule has 1 saturated carbocycles. The molecule has 2 unspecified atom stereocenters. The standard InChI is InChI=1S/C15H19FN4O/c1-21-15-5-3-2-4-13(15)19-11-6-7-14(12(16)8-11)20-10-17-9-18-20/h6-10,13,15,19H,2-5H2,1H3. The van der Waals surface area contributed by atoms with Crippen molar-refractivity contribution in [1.29, 1.82) is 0 Å². The van der Waals surface area contributed by atoms with Crippen LogP contribution in [-0.2, 0) is 4.74 Å². The Labute approximate surface area is 123 Å². The monoisotopic (exact) mass is 290 g/mol. The lowest BCUT2D eigenvalue weighted by atomic mass is 9.92. The highest BCUT2D eigenvalue weighted by atomic mass is 19.1. The third kappa shape index (κ3) is 3.05. The van der Waals surface area contributed by atoms with Gasteiger partial charge in [-0.3, -0.25) is 0 Å². The lowest BCUT2D eigenvalue weighted by molar-refractivity contribution is 0.0606. The Kier molecular flexibility index (Phi) is 4.15. The number of hydrogen-bond donors (Lipinski definition) is 1. The highest BCUT2D eigenvalue weighted by molar-refractivity contribution is 5.50. The maximum Gasteiger partial charge on any atom is 0.150 e. The number of methoxy groups -OCH3 is 1. The minimum Gasteiger partial charge on any atom is -0.380 e. The van der Waals surface area contributed by atoms with Crippen molar-refractivity contribution in [3.8, 4) is 5.69 Å². The zero-order valence-electron chi connectivity index (χ0n) is 12.0. The van der Waals surface area contributed by atoms with Gasteiger partial charge in [-0.15, -0.1) is 0 Å². The average Bonchev–Trinajstić information content (AvgIpc) is 3.02. The van der Waals surface area contributed by atoms with E-state index in [0.29, 0.717) is 5.69 Å². The van der Waals surface area contributed by atoms with Crippen molar-refractivity contribution in [1.82, 2.24) is 14.8 Å². The van der Waals surface area contributed by atoms with Crippen LogP contribution in [0.4, 0.5) is 10.1 Å². The van der Waals surface area contributed by atoms with Crippen LogP contribution in [0.5, 0.6) is 0 Å². The summed E-state index contributed by atoms with van der Waals surface area (Å²) in [7, 11) is 1.74. The number of halogens is 1. The van der Waals surface area contributed by atoms with Gasteiger partial charge in [0.1, 0.15) is 18.3 Å². The third-order valence-corrected chi connectivity index (χ3v) is 3.97. The number of rotatable bonds is 4. The molecule has 2 atom stereocenters. The Morgan fingerprint density at radius 1 is 1.33 bits per heavy atom. The van der Waals surface area contributed by atoms with Crippen LogP contribution < -0.4 is 5.32 Å². The summed E-state index contributed by atoms with van der Waals surface area (Å²) in [4.78, 5) is 3.83. The zero-order chi connectivity index (χ0) is 14.7. The van der Waals surface area contributed by atoms with Crippen LogP contribution in [0.15, 0.2) is 30.9 Å². The van der Waals surface area contributed by atoms with Gasteiger partial charge in [-0.05, 0) is 31.0 Å². The molecule has 1 aromatic heterocycles. The largest absolute Gasteiger partial charge is 0.380 e. The maximum atomic E-state index is 14.2. The molecule has 0 saturated heterocycles. The molecule has 0 spiro atoms. The number of nitrogens with zero attached hydrogens (tertiary/aromatic N) is 3. The van der Waals surface area contributed by atoms with Gasteiger partial charge in [0.05, 0.1) is 12.1 Å². The van der Waals surface area contributed by atoms with E-state index in [1.165, 1.54) is 36.2 Å². The van der Waals surface area contributed by atoms with E-state index < -0.39 is 0 Å². The first-order chi connectivity index (χ1) is 10.3. The molecule has 0 bridgehead atoms. The highest BCUT2D eigenvalue weighted by Gasteiger charge is 2.24. The summed E-state index contributed by atoms with van der Waals surface area (Å²) in [5, 5.41) is 7.33. The molecule has 1 fully saturated rings. The summed E-state index contributed by atoms with van der Waals surface area (Å²) in [6.07, 6.45) is 7.52. The molecule has 0 aliphatic heterocycles. The van der Waals surface area contributed by atoms with E-state index in [1.54, 1.807) is 13.2 Å². The van der Waals surface area contributed by atoms with E-state index in [1.807, 2.05) is 6.07 Å². The van der Waals surface area contributed by atoms with Gasteiger partial charge in [0.25, 0.3) is 0 Å². The molecule has 112 valence electrons. The van der Waals surface area contributed by atoms with Crippen molar-refractivity contribution in [2.45, 2.75) is 37.8 Å². The fraction of sp³-hybridized carbons (Fsp3) is 0.467. The number of aromatic nitrogens is 3.